The third kappa shape index (κ3) is 3.72. The van der Waals surface area contributed by atoms with E-state index in [2.05, 4.69) is 21.2 Å². The number of hydrogen-bond donors (Lipinski definition) is 1. The quantitative estimate of drug-likeness (QED) is 0.827. The Bertz CT molecular complexity index is 623. The molecule has 2 amide bonds. The molecule has 2 atom stereocenters. The fourth-order valence-electron chi connectivity index (χ4n) is 3.63. The van der Waals surface area contributed by atoms with Crippen LogP contribution in [0.4, 0.5) is 5.69 Å². The van der Waals surface area contributed by atoms with Crippen LogP contribution in [-0.4, -0.2) is 29.3 Å². The van der Waals surface area contributed by atoms with Crippen molar-refractivity contribution in [1.82, 2.24) is 4.90 Å². The summed E-state index contributed by atoms with van der Waals surface area (Å²) in [5.41, 5.74) is 0.614. The van der Waals surface area contributed by atoms with Crippen LogP contribution in [0.15, 0.2) is 22.7 Å². The highest BCUT2D eigenvalue weighted by Crippen LogP contribution is 2.33. The van der Waals surface area contributed by atoms with Crippen molar-refractivity contribution in [1.29, 1.82) is 0 Å². The van der Waals surface area contributed by atoms with Crippen molar-refractivity contribution in [3.8, 4) is 0 Å². The predicted octanol–water partition coefficient (Wildman–Crippen LogP) is 4.22. The molecule has 6 heteroatoms. The Morgan fingerprint density at radius 3 is 2.78 bits per heavy atom. The van der Waals surface area contributed by atoms with Gasteiger partial charge in [0.15, 0.2) is 0 Å². The van der Waals surface area contributed by atoms with E-state index < -0.39 is 0 Å². The molecule has 1 aromatic rings. The van der Waals surface area contributed by atoms with Gasteiger partial charge in [0, 0.05) is 23.5 Å². The zero-order valence-electron chi connectivity index (χ0n) is 12.9. The third-order valence-corrected chi connectivity index (χ3v) is 5.59. The van der Waals surface area contributed by atoms with Crippen LogP contribution in [0.5, 0.6) is 0 Å². The average Bonchev–Trinajstić information content (AvgIpc) is 2.97. The van der Waals surface area contributed by atoms with Crippen LogP contribution >= 0.6 is 27.5 Å². The van der Waals surface area contributed by atoms with E-state index in [-0.39, 0.29) is 23.8 Å². The van der Waals surface area contributed by atoms with Gasteiger partial charge in [0.2, 0.25) is 11.8 Å². The number of hydrogen-bond acceptors (Lipinski definition) is 2. The summed E-state index contributed by atoms with van der Waals surface area (Å²) < 4.78 is 0.868. The number of nitrogens with zero attached hydrogens (tertiary/aromatic N) is 1. The van der Waals surface area contributed by atoms with Crippen LogP contribution in [0.25, 0.3) is 0 Å². The molecule has 0 bridgehead atoms. The monoisotopic (exact) mass is 398 g/mol. The number of likely N-dealkylation sites (tertiary alicyclic amines) is 1. The number of nitrogens with one attached hydrogen (secondary N) is 1. The Morgan fingerprint density at radius 2 is 2.04 bits per heavy atom. The fraction of sp³-hybridized carbons (Fsp3) is 0.529. The van der Waals surface area contributed by atoms with E-state index in [1.165, 1.54) is 0 Å². The number of benzene rings is 1. The first-order chi connectivity index (χ1) is 11.1. The highest BCUT2D eigenvalue weighted by atomic mass is 79.9. The van der Waals surface area contributed by atoms with Crippen LogP contribution in [-0.2, 0) is 9.59 Å². The zero-order chi connectivity index (χ0) is 16.4. The standard InChI is InChI=1S/C17H20BrClN2O2/c18-11-7-8-13(19)14(10-11)20-17(23)12-4-1-2-5-15(12)21-9-3-6-16(21)22/h7-8,10,12,15H,1-6,9H2,(H,20,23)/t12-,15+/m1/s1. The molecule has 124 valence electrons. The van der Waals surface area contributed by atoms with Crippen molar-refractivity contribution < 1.29 is 9.59 Å². The van der Waals surface area contributed by atoms with Gasteiger partial charge in [-0.3, -0.25) is 9.59 Å². The maximum atomic E-state index is 12.8. The number of rotatable bonds is 3. The predicted molar refractivity (Wildman–Crippen MR) is 94.5 cm³/mol. The molecule has 0 spiro atoms. The number of carbonyl (C=O) groups excluding carboxylic acids is 2. The van der Waals surface area contributed by atoms with Gasteiger partial charge in [-0.2, -0.15) is 0 Å². The summed E-state index contributed by atoms with van der Waals surface area (Å²) in [5.74, 6) is 0.00503. The number of amides is 2. The minimum absolute atomic E-state index is 0.0321. The number of carbonyl (C=O) groups is 2. The molecule has 1 N–H and O–H groups in total. The third-order valence-electron chi connectivity index (χ3n) is 4.76. The molecule has 4 nitrogen and oxygen atoms in total. The molecule has 23 heavy (non-hydrogen) atoms. The van der Waals surface area contributed by atoms with E-state index >= 15 is 0 Å². The van der Waals surface area contributed by atoms with E-state index in [4.69, 9.17) is 11.6 Å². The van der Waals surface area contributed by atoms with Crippen LogP contribution in [0.2, 0.25) is 5.02 Å². The van der Waals surface area contributed by atoms with Crippen LogP contribution in [0, 0.1) is 5.92 Å². The minimum atomic E-state index is -0.152. The number of anilines is 1. The van der Waals surface area contributed by atoms with Crippen molar-refractivity contribution in [2.75, 3.05) is 11.9 Å². The summed E-state index contributed by atoms with van der Waals surface area (Å²) in [7, 11) is 0. The topological polar surface area (TPSA) is 49.4 Å². The molecule has 0 unspecified atom stereocenters. The minimum Gasteiger partial charge on any atom is -0.339 e. The summed E-state index contributed by atoms with van der Waals surface area (Å²) in [6.07, 6.45) is 5.37. The molecule has 1 saturated carbocycles. The molecule has 1 saturated heterocycles. The zero-order valence-corrected chi connectivity index (χ0v) is 15.2. The number of halogens is 2. The highest BCUT2D eigenvalue weighted by Gasteiger charge is 2.38. The lowest BCUT2D eigenvalue weighted by molar-refractivity contribution is -0.133. The molecular weight excluding hydrogens is 380 g/mol. The van der Waals surface area contributed by atoms with Gasteiger partial charge in [-0.25, -0.2) is 0 Å². The van der Waals surface area contributed by atoms with E-state index in [1.54, 1.807) is 12.1 Å². The smallest absolute Gasteiger partial charge is 0.229 e. The van der Waals surface area contributed by atoms with Crippen molar-refractivity contribution in [3.05, 3.63) is 27.7 Å². The molecule has 1 aromatic carbocycles. The first-order valence-corrected chi connectivity index (χ1v) is 9.29. The van der Waals surface area contributed by atoms with E-state index in [0.717, 1.165) is 43.1 Å². The largest absolute Gasteiger partial charge is 0.339 e. The molecule has 1 heterocycles. The first kappa shape index (κ1) is 16.8. The second-order valence-corrected chi connectivity index (χ2v) is 7.59. The van der Waals surface area contributed by atoms with Crippen molar-refractivity contribution in [2.45, 2.75) is 44.6 Å². The second-order valence-electron chi connectivity index (χ2n) is 6.26. The van der Waals surface area contributed by atoms with Gasteiger partial charge in [0.05, 0.1) is 16.6 Å². The van der Waals surface area contributed by atoms with Gasteiger partial charge in [-0.1, -0.05) is 40.4 Å². The summed E-state index contributed by atoms with van der Waals surface area (Å²) in [6, 6.07) is 5.43. The average molecular weight is 400 g/mol. The summed E-state index contributed by atoms with van der Waals surface area (Å²) in [6.45, 7) is 0.783. The maximum Gasteiger partial charge on any atom is 0.229 e. The van der Waals surface area contributed by atoms with Gasteiger partial charge in [0.25, 0.3) is 0 Å². The summed E-state index contributed by atoms with van der Waals surface area (Å²) in [4.78, 5) is 26.8. The SMILES string of the molecule is O=C(Nc1cc(Br)ccc1Cl)[C@@H]1CCCC[C@@H]1N1CCCC1=O. The van der Waals surface area contributed by atoms with E-state index in [1.807, 2.05) is 11.0 Å². The fourth-order valence-corrected chi connectivity index (χ4v) is 4.15. The van der Waals surface area contributed by atoms with Crippen molar-refractivity contribution in [3.63, 3.8) is 0 Å². The van der Waals surface area contributed by atoms with Crippen molar-refractivity contribution >= 4 is 45.0 Å². The molecule has 0 radical (unpaired) electrons. The molecule has 0 aromatic heterocycles. The van der Waals surface area contributed by atoms with Gasteiger partial charge in [-0.15, -0.1) is 0 Å². The van der Waals surface area contributed by atoms with E-state index in [0.29, 0.717) is 17.1 Å². The Hall–Kier alpha value is -1.07. The van der Waals surface area contributed by atoms with Crippen molar-refractivity contribution in [2.24, 2.45) is 5.92 Å². The lowest BCUT2D eigenvalue weighted by Crippen LogP contribution is -2.47. The Morgan fingerprint density at radius 1 is 1.26 bits per heavy atom. The lowest BCUT2D eigenvalue weighted by atomic mass is 9.83. The van der Waals surface area contributed by atoms with Gasteiger partial charge in [0.1, 0.15) is 0 Å². The molecule has 2 fully saturated rings. The highest BCUT2D eigenvalue weighted by molar-refractivity contribution is 9.10. The van der Waals surface area contributed by atoms with Crippen LogP contribution < -0.4 is 5.32 Å². The molecule has 1 aliphatic heterocycles. The molecule has 3 rings (SSSR count). The maximum absolute atomic E-state index is 12.8. The van der Waals surface area contributed by atoms with E-state index in [9.17, 15) is 9.59 Å². The lowest BCUT2D eigenvalue weighted by Gasteiger charge is -2.37. The Labute approximate surface area is 149 Å². The molecule has 1 aliphatic carbocycles. The van der Waals surface area contributed by atoms with Crippen LogP contribution in [0.1, 0.15) is 38.5 Å². The van der Waals surface area contributed by atoms with Crippen LogP contribution in [0.3, 0.4) is 0 Å². The molecular formula is C17H20BrClN2O2. The van der Waals surface area contributed by atoms with Gasteiger partial charge >= 0.3 is 0 Å². The Balaban J connectivity index is 1.76. The molecule has 2 aliphatic rings. The second kappa shape index (κ2) is 7.22. The van der Waals surface area contributed by atoms with Gasteiger partial charge in [-0.05, 0) is 37.5 Å². The summed E-state index contributed by atoms with van der Waals surface area (Å²) >= 11 is 9.56. The van der Waals surface area contributed by atoms with Gasteiger partial charge < -0.3 is 10.2 Å². The normalized spacial score (nSPS) is 24.8. The first-order valence-electron chi connectivity index (χ1n) is 8.11. The summed E-state index contributed by atoms with van der Waals surface area (Å²) in [5, 5.41) is 3.47. The Kier molecular flexibility index (Phi) is 5.27.